The normalized spacial score (nSPS) is 21.3. The largest absolute Gasteiger partial charge is 0.419 e. The molecule has 0 saturated carbocycles. The van der Waals surface area contributed by atoms with Gasteiger partial charge >= 0.3 is 0 Å². The number of thiophene rings is 1. The molecule has 2 aromatic rings. The van der Waals surface area contributed by atoms with E-state index in [1.807, 2.05) is 17.5 Å². The number of hydrogen-bond donors (Lipinski definition) is 1. The predicted molar refractivity (Wildman–Crippen MR) is 70.4 cm³/mol. The van der Waals surface area contributed by atoms with Crippen LogP contribution in [0.25, 0.3) is 10.8 Å². The maximum atomic E-state index is 5.69. The van der Waals surface area contributed by atoms with Gasteiger partial charge in [-0.1, -0.05) is 6.07 Å². The van der Waals surface area contributed by atoms with Crippen LogP contribution in [0.2, 0.25) is 0 Å². The molecular formula is C12H16N4OS. The second kappa shape index (κ2) is 5.17. The molecule has 1 fully saturated rings. The van der Waals surface area contributed by atoms with Gasteiger partial charge in [0.05, 0.1) is 11.4 Å². The maximum absolute atomic E-state index is 5.69. The van der Waals surface area contributed by atoms with Gasteiger partial charge in [0.1, 0.15) is 0 Å². The fraction of sp³-hybridized carbons (Fsp3) is 0.500. The van der Waals surface area contributed by atoms with Crippen LogP contribution in [-0.4, -0.2) is 40.8 Å². The smallest absolute Gasteiger partial charge is 0.257 e. The molecule has 0 aromatic carbocycles. The Kier molecular flexibility index (Phi) is 3.40. The lowest BCUT2D eigenvalue weighted by Crippen LogP contribution is -2.48. The van der Waals surface area contributed by atoms with Crippen molar-refractivity contribution >= 4 is 11.3 Å². The van der Waals surface area contributed by atoms with Gasteiger partial charge in [-0.25, -0.2) is 0 Å². The molecule has 1 aliphatic heterocycles. The molecule has 1 saturated heterocycles. The fourth-order valence-electron chi connectivity index (χ4n) is 2.16. The molecule has 0 aliphatic carbocycles. The van der Waals surface area contributed by atoms with E-state index >= 15 is 0 Å². The van der Waals surface area contributed by atoms with Crippen LogP contribution < -0.4 is 5.32 Å². The number of nitrogens with one attached hydrogen (secondary N) is 1. The van der Waals surface area contributed by atoms with Crippen molar-refractivity contribution in [1.82, 2.24) is 20.4 Å². The summed E-state index contributed by atoms with van der Waals surface area (Å²) in [6.45, 7) is 6.01. The molecule has 18 heavy (non-hydrogen) atoms. The molecule has 3 heterocycles. The van der Waals surface area contributed by atoms with Crippen LogP contribution in [0.1, 0.15) is 12.8 Å². The highest BCUT2D eigenvalue weighted by Crippen LogP contribution is 2.23. The first kappa shape index (κ1) is 11.8. The number of rotatable bonds is 3. The molecular weight excluding hydrogens is 248 g/mol. The molecule has 6 heteroatoms. The van der Waals surface area contributed by atoms with Crippen LogP contribution in [0.4, 0.5) is 0 Å². The zero-order valence-corrected chi connectivity index (χ0v) is 11.1. The molecule has 0 bridgehead atoms. The van der Waals surface area contributed by atoms with Crippen molar-refractivity contribution in [2.75, 3.05) is 19.6 Å². The monoisotopic (exact) mass is 264 g/mol. The van der Waals surface area contributed by atoms with Crippen LogP contribution in [0.3, 0.4) is 0 Å². The summed E-state index contributed by atoms with van der Waals surface area (Å²) in [6, 6.07) is 4.51. The minimum Gasteiger partial charge on any atom is -0.419 e. The second-order valence-corrected chi connectivity index (χ2v) is 5.52. The Hall–Kier alpha value is -1.24. The first-order chi connectivity index (χ1) is 8.81. The first-order valence-electron chi connectivity index (χ1n) is 6.13. The van der Waals surface area contributed by atoms with Gasteiger partial charge in [-0.2, -0.15) is 0 Å². The van der Waals surface area contributed by atoms with Crippen LogP contribution in [0.15, 0.2) is 21.9 Å². The third-order valence-electron chi connectivity index (χ3n) is 3.01. The van der Waals surface area contributed by atoms with Gasteiger partial charge in [0.15, 0.2) is 0 Å². The Bertz CT molecular complexity index is 496. The van der Waals surface area contributed by atoms with Gasteiger partial charge in [0.25, 0.3) is 5.89 Å². The van der Waals surface area contributed by atoms with Crippen molar-refractivity contribution < 1.29 is 4.42 Å². The Morgan fingerprint density at radius 1 is 1.56 bits per heavy atom. The summed E-state index contributed by atoms with van der Waals surface area (Å²) in [6.07, 6.45) is 0. The Morgan fingerprint density at radius 3 is 3.28 bits per heavy atom. The first-order valence-corrected chi connectivity index (χ1v) is 7.01. The van der Waals surface area contributed by atoms with Gasteiger partial charge in [0.2, 0.25) is 5.89 Å². The Morgan fingerprint density at radius 2 is 2.50 bits per heavy atom. The van der Waals surface area contributed by atoms with E-state index in [1.54, 1.807) is 11.3 Å². The highest BCUT2D eigenvalue weighted by Gasteiger charge is 2.18. The molecule has 5 nitrogen and oxygen atoms in total. The van der Waals surface area contributed by atoms with Crippen LogP contribution in [0.5, 0.6) is 0 Å². The molecule has 3 rings (SSSR count). The maximum Gasteiger partial charge on any atom is 0.257 e. The molecule has 0 amide bonds. The van der Waals surface area contributed by atoms with Gasteiger partial charge in [0, 0.05) is 25.7 Å². The third-order valence-corrected chi connectivity index (χ3v) is 3.87. The van der Waals surface area contributed by atoms with E-state index in [2.05, 4.69) is 27.3 Å². The molecule has 1 atom stereocenters. The highest BCUT2D eigenvalue weighted by molar-refractivity contribution is 7.13. The molecule has 96 valence electrons. The molecule has 0 unspecified atom stereocenters. The number of piperazine rings is 1. The fourth-order valence-corrected chi connectivity index (χ4v) is 2.81. The van der Waals surface area contributed by atoms with E-state index in [4.69, 9.17) is 4.42 Å². The van der Waals surface area contributed by atoms with Crippen LogP contribution >= 0.6 is 11.3 Å². The molecule has 1 N–H and O–H groups in total. The molecule has 0 spiro atoms. The quantitative estimate of drug-likeness (QED) is 0.912. The van der Waals surface area contributed by atoms with E-state index < -0.39 is 0 Å². The predicted octanol–water partition coefficient (Wildman–Crippen LogP) is 1.59. The van der Waals surface area contributed by atoms with Crippen molar-refractivity contribution in [2.24, 2.45) is 0 Å². The van der Waals surface area contributed by atoms with Crippen LogP contribution in [0, 0.1) is 0 Å². The Balaban J connectivity index is 1.66. The summed E-state index contributed by atoms with van der Waals surface area (Å²) < 4.78 is 5.69. The summed E-state index contributed by atoms with van der Waals surface area (Å²) in [5, 5.41) is 13.6. The summed E-state index contributed by atoms with van der Waals surface area (Å²) in [5.41, 5.74) is 0. The molecule has 0 radical (unpaired) electrons. The summed E-state index contributed by atoms with van der Waals surface area (Å²) >= 11 is 1.62. The van der Waals surface area contributed by atoms with Crippen molar-refractivity contribution in [2.45, 2.75) is 19.5 Å². The van der Waals surface area contributed by atoms with E-state index in [1.165, 1.54) is 0 Å². The van der Waals surface area contributed by atoms with E-state index in [-0.39, 0.29) is 0 Å². The minimum absolute atomic E-state index is 0.526. The van der Waals surface area contributed by atoms with Crippen molar-refractivity contribution in [3.63, 3.8) is 0 Å². The van der Waals surface area contributed by atoms with E-state index in [0.29, 0.717) is 17.8 Å². The van der Waals surface area contributed by atoms with Gasteiger partial charge < -0.3 is 9.73 Å². The summed E-state index contributed by atoms with van der Waals surface area (Å²) in [5.74, 6) is 1.33. The molecule has 1 aliphatic rings. The summed E-state index contributed by atoms with van der Waals surface area (Å²) in [4.78, 5) is 3.37. The van der Waals surface area contributed by atoms with Crippen molar-refractivity contribution in [1.29, 1.82) is 0 Å². The van der Waals surface area contributed by atoms with Gasteiger partial charge in [-0.05, 0) is 18.4 Å². The number of nitrogens with zero attached hydrogens (tertiary/aromatic N) is 3. The van der Waals surface area contributed by atoms with Crippen molar-refractivity contribution in [3.05, 3.63) is 23.4 Å². The van der Waals surface area contributed by atoms with Crippen molar-refractivity contribution in [3.8, 4) is 10.8 Å². The van der Waals surface area contributed by atoms with E-state index in [9.17, 15) is 0 Å². The molecule has 2 aromatic heterocycles. The highest BCUT2D eigenvalue weighted by atomic mass is 32.1. The Labute approximate surface area is 110 Å². The average Bonchev–Trinajstić information content (AvgIpc) is 2.98. The third kappa shape index (κ3) is 2.60. The van der Waals surface area contributed by atoms with Gasteiger partial charge in [-0.15, -0.1) is 21.5 Å². The zero-order chi connectivity index (χ0) is 12.4. The second-order valence-electron chi connectivity index (χ2n) is 4.57. The minimum atomic E-state index is 0.526. The SMILES string of the molecule is C[C@H]1CN(Cc2nnc(-c3cccs3)o2)CCN1. The zero-order valence-electron chi connectivity index (χ0n) is 10.3. The summed E-state index contributed by atoms with van der Waals surface area (Å²) in [7, 11) is 0. The standard InChI is InChI=1S/C12H16N4OS/c1-9-7-16(5-4-13-9)8-11-14-15-12(17-11)10-3-2-6-18-10/h2-3,6,9,13H,4-5,7-8H2,1H3/t9-/m0/s1. The van der Waals surface area contributed by atoms with Gasteiger partial charge in [-0.3, -0.25) is 4.90 Å². The lowest BCUT2D eigenvalue weighted by molar-refractivity contribution is 0.184. The van der Waals surface area contributed by atoms with E-state index in [0.717, 1.165) is 31.1 Å². The van der Waals surface area contributed by atoms with Crippen LogP contribution in [-0.2, 0) is 6.54 Å². The lowest BCUT2D eigenvalue weighted by atomic mass is 10.2. The average molecular weight is 264 g/mol. The lowest BCUT2D eigenvalue weighted by Gasteiger charge is -2.30. The number of hydrogen-bond acceptors (Lipinski definition) is 6. The topological polar surface area (TPSA) is 54.2 Å². The number of aromatic nitrogens is 2.